The highest BCUT2D eigenvalue weighted by Gasteiger charge is 2.58. The van der Waals surface area contributed by atoms with Gasteiger partial charge in [0.1, 0.15) is 5.82 Å². The van der Waals surface area contributed by atoms with Gasteiger partial charge >= 0.3 is 0 Å². The molecule has 2 heterocycles. The van der Waals surface area contributed by atoms with Crippen molar-refractivity contribution in [1.82, 2.24) is 25.1 Å². The Morgan fingerprint density at radius 3 is 2.48 bits per heavy atom. The minimum Gasteiger partial charge on any atom is -0.357 e. The van der Waals surface area contributed by atoms with Crippen molar-refractivity contribution < 1.29 is 9.59 Å². The summed E-state index contributed by atoms with van der Waals surface area (Å²) in [6.07, 6.45) is 5.21. The third-order valence-corrected chi connectivity index (χ3v) is 6.97. The van der Waals surface area contributed by atoms with Crippen LogP contribution in [0.2, 0.25) is 0 Å². The van der Waals surface area contributed by atoms with E-state index >= 15 is 0 Å². The Morgan fingerprint density at radius 1 is 1.09 bits per heavy atom. The summed E-state index contributed by atoms with van der Waals surface area (Å²) in [6.45, 7) is 6.94. The number of nitrogens with one attached hydrogen (secondary N) is 2. The number of imide groups is 1. The third kappa shape index (κ3) is 4.27. The number of aryl methyl sites for hydroxylation is 1. The number of hydrogen-bond donors (Lipinski definition) is 2. The predicted octanol–water partition coefficient (Wildman–Crippen LogP) is 2.32. The maximum absolute atomic E-state index is 12.8. The molecule has 2 N–H and O–H groups in total. The van der Waals surface area contributed by atoms with Gasteiger partial charge < -0.3 is 15.2 Å². The van der Waals surface area contributed by atoms with Gasteiger partial charge in [-0.3, -0.25) is 19.5 Å². The quantitative estimate of drug-likeness (QED) is 0.178. The molecule has 1 aliphatic heterocycles. The van der Waals surface area contributed by atoms with E-state index in [0.29, 0.717) is 25.6 Å². The number of halogens is 1. The van der Waals surface area contributed by atoms with Gasteiger partial charge in [0.05, 0.1) is 29.4 Å². The topological polar surface area (TPSA) is 91.6 Å². The Kier molecular flexibility index (Phi) is 7.06. The van der Waals surface area contributed by atoms with Gasteiger partial charge in [0.2, 0.25) is 11.8 Å². The molecule has 2 bridgehead atoms. The highest BCUT2D eigenvalue weighted by molar-refractivity contribution is 14.0. The van der Waals surface area contributed by atoms with Crippen LogP contribution in [-0.2, 0) is 16.1 Å². The molecule has 3 aliphatic rings. The third-order valence-electron chi connectivity index (χ3n) is 6.97. The van der Waals surface area contributed by atoms with Gasteiger partial charge in [0, 0.05) is 26.2 Å². The summed E-state index contributed by atoms with van der Waals surface area (Å²) < 4.78 is 2.17. The van der Waals surface area contributed by atoms with Gasteiger partial charge in [-0.05, 0) is 44.2 Å². The van der Waals surface area contributed by atoms with Crippen molar-refractivity contribution in [2.24, 2.45) is 28.7 Å². The molecular weight excluding hydrogens is 531 g/mol. The number of nitrogens with zero attached hydrogens (tertiary/aromatic N) is 4. The van der Waals surface area contributed by atoms with Crippen molar-refractivity contribution in [3.05, 3.63) is 42.2 Å². The second kappa shape index (κ2) is 9.82. The van der Waals surface area contributed by atoms with Gasteiger partial charge in [-0.2, -0.15) is 0 Å². The molecule has 1 aromatic carbocycles. The summed E-state index contributed by atoms with van der Waals surface area (Å²) in [5, 5.41) is 6.52. The number of amides is 2. The molecule has 1 saturated heterocycles. The van der Waals surface area contributed by atoms with Crippen LogP contribution in [0.3, 0.4) is 0 Å². The molecule has 5 rings (SSSR count). The zero-order chi connectivity index (χ0) is 22.2. The molecule has 1 saturated carbocycles. The number of fused-ring (bicyclic) bond motifs is 6. The molecule has 4 atom stereocenters. The first-order valence-electron chi connectivity index (χ1n) is 11.6. The fourth-order valence-corrected chi connectivity index (χ4v) is 5.55. The maximum atomic E-state index is 12.8. The SMILES string of the molecule is CCNC(=NCCn1c(C)nc2ccccc21)NCCN1C(=O)C2C3C=CC(C3)C2C1=O.I. The second-order valence-electron chi connectivity index (χ2n) is 8.81. The molecule has 4 unspecified atom stereocenters. The van der Waals surface area contributed by atoms with Crippen LogP contribution in [0.1, 0.15) is 19.2 Å². The van der Waals surface area contributed by atoms with Gasteiger partial charge in [0.25, 0.3) is 0 Å². The van der Waals surface area contributed by atoms with Crippen LogP contribution in [-0.4, -0.2) is 58.4 Å². The van der Waals surface area contributed by atoms with E-state index in [4.69, 9.17) is 0 Å². The molecule has 8 nitrogen and oxygen atoms in total. The van der Waals surface area contributed by atoms with E-state index < -0.39 is 0 Å². The Morgan fingerprint density at radius 2 is 1.79 bits per heavy atom. The van der Waals surface area contributed by atoms with E-state index in [-0.39, 0.29) is 59.5 Å². The highest BCUT2D eigenvalue weighted by atomic mass is 127. The first kappa shape index (κ1) is 23.7. The number of guanidine groups is 1. The van der Waals surface area contributed by atoms with Crippen molar-refractivity contribution in [2.75, 3.05) is 26.2 Å². The number of aromatic nitrogens is 2. The van der Waals surface area contributed by atoms with E-state index in [2.05, 4.69) is 43.4 Å². The van der Waals surface area contributed by atoms with E-state index in [0.717, 1.165) is 36.4 Å². The van der Waals surface area contributed by atoms with Crippen molar-refractivity contribution in [3.8, 4) is 0 Å². The molecule has 2 fully saturated rings. The number of aliphatic imine (C=N–C) groups is 1. The van der Waals surface area contributed by atoms with E-state index in [9.17, 15) is 9.59 Å². The van der Waals surface area contributed by atoms with Crippen LogP contribution in [0.5, 0.6) is 0 Å². The van der Waals surface area contributed by atoms with Gasteiger partial charge in [-0.15, -0.1) is 24.0 Å². The summed E-state index contributed by atoms with van der Waals surface area (Å²) in [5.41, 5.74) is 2.10. The molecule has 2 aliphatic carbocycles. The Hall–Kier alpha value is -2.43. The van der Waals surface area contributed by atoms with Crippen LogP contribution < -0.4 is 10.6 Å². The second-order valence-corrected chi connectivity index (χ2v) is 8.81. The number of rotatable bonds is 7. The number of carbonyl (C=O) groups excluding carboxylic acids is 2. The number of likely N-dealkylation sites (tertiary alicyclic amines) is 1. The monoisotopic (exact) mass is 562 g/mol. The van der Waals surface area contributed by atoms with E-state index in [1.165, 1.54) is 4.90 Å². The lowest BCUT2D eigenvalue weighted by molar-refractivity contribution is -0.140. The lowest BCUT2D eigenvalue weighted by Crippen LogP contribution is -2.43. The zero-order valence-corrected chi connectivity index (χ0v) is 21.4. The molecule has 0 radical (unpaired) electrons. The smallest absolute Gasteiger partial charge is 0.233 e. The molecule has 1 aromatic heterocycles. The lowest BCUT2D eigenvalue weighted by Gasteiger charge is -2.18. The summed E-state index contributed by atoms with van der Waals surface area (Å²) in [6, 6.07) is 8.11. The molecule has 33 heavy (non-hydrogen) atoms. The van der Waals surface area contributed by atoms with E-state index in [1.807, 2.05) is 32.0 Å². The predicted molar refractivity (Wildman–Crippen MR) is 138 cm³/mol. The Balaban J connectivity index is 0.00000259. The number of benzene rings is 1. The summed E-state index contributed by atoms with van der Waals surface area (Å²) in [7, 11) is 0. The lowest BCUT2D eigenvalue weighted by atomic mass is 9.85. The van der Waals surface area contributed by atoms with Crippen LogP contribution in [0, 0.1) is 30.6 Å². The van der Waals surface area contributed by atoms with Crippen LogP contribution in [0.25, 0.3) is 11.0 Å². The number of hydrogen-bond acceptors (Lipinski definition) is 4. The number of carbonyl (C=O) groups is 2. The number of allylic oxidation sites excluding steroid dienone is 2. The fourth-order valence-electron chi connectivity index (χ4n) is 5.55. The van der Waals surface area contributed by atoms with Crippen molar-refractivity contribution in [2.45, 2.75) is 26.8 Å². The number of para-hydroxylation sites is 2. The summed E-state index contributed by atoms with van der Waals surface area (Å²) >= 11 is 0. The fraction of sp³-hybridized carbons (Fsp3) is 0.500. The molecule has 0 spiro atoms. The van der Waals surface area contributed by atoms with Crippen LogP contribution >= 0.6 is 24.0 Å². The molecule has 2 aromatic rings. The van der Waals surface area contributed by atoms with Crippen LogP contribution in [0.15, 0.2) is 41.4 Å². The minimum atomic E-state index is -0.132. The van der Waals surface area contributed by atoms with Crippen molar-refractivity contribution in [1.29, 1.82) is 0 Å². The Labute approximate surface area is 210 Å². The highest BCUT2D eigenvalue weighted by Crippen LogP contribution is 2.52. The average Bonchev–Trinajstić information content (AvgIpc) is 3.53. The van der Waals surface area contributed by atoms with E-state index in [1.54, 1.807) is 0 Å². The van der Waals surface area contributed by atoms with Crippen molar-refractivity contribution >= 4 is 52.8 Å². The molecule has 176 valence electrons. The summed E-state index contributed by atoms with van der Waals surface area (Å²) in [5.74, 6) is 1.91. The van der Waals surface area contributed by atoms with Gasteiger partial charge in [0.15, 0.2) is 5.96 Å². The molecule has 2 amide bonds. The molecular formula is C24H31IN6O2. The van der Waals surface area contributed by atoms with Crippen LogP contribution in [0.4, 0.5) is 0 Å². The normalized spacial score (nSPS) is 25.6. The first-order valence-corrected chi connectivity index (χ1v) is 11.6. The van der Waals surface area contributed by atoms with Gasteiger partial charge in [-0.25, -0.2) is 4.98 Å². The summed E-state index contributed by atoms with van der Waals surface area (Å²) in [4.78, 5) is 36.4. The minimum absolute atomic E-state index is 0. The maximum Gasteiger partial charge on any atom is 0.233 e. The first-order chi connectivity index (χ1) is 15.6. The molecule has 9 heteroatoms. The number of imidazole rings is 1. The standard InChI is InChI=1S/C24H30N6O2.HI/c1-3-25-24(26-10-12-29-15(2)28-18-6-4-5-7-19(18)29)27-11-13-30-22(31)20-16-8-9-17(14-16)21(20)23(30)32;/h4-9,16-17,20-21H,3,10-14H2,1-2H3,(H2,25,26,27);1H. The zero-order valence-electron chi connectivity index (χ0n) is 19.0. The van der Waals surface area contributed by atoms with Gasteiger partial charge in [-0.1, -0.05) is 24.3 Å². The average molecular weight is 562 g/mol. The largest absolute Gasteiger partial charge is 0.357 e. The Bertz CT molecular complexity index is 1080. The van der Waals surface area contributed by atoms with Crippen molar-refractivity contribution in [3.63, 3.8) is 0 Å².